The Hall–Kier alpha value is -1.27. The van der Waals surface area contributed by atoms with Crippen LogP contribution in [0.5, 0.6) is 0 Å². The molecule has 0 spiro atoms. The van der Waals surface area contributed by atoms with Crippen molar-refractivity contribution in [2.45, 2.75) is 25.9 Å². The Morgan fingerprint density at radius 1 is 1.38 bits per heavy atom. The number of carbonyl (C=O) groups excluding carboxylic acids is 1. The van der Waals surface area contributed by atoms with Crippen LogP contribution in [-0.4, -0.2) is 19.0 Å². The molecule has 1 aromatic carbocycles. The molecule has 7 heteroatoms. The third kappa shape index (κ3) is 4.61. The number of aryl methyl sites for hydroxylation is 1. The second kappa shape index (κ2) is 7.13. The van der Waals surface area contributed by atoms with Crippen molar-refractivity contribution < 1.29 is 18.0 Å². The second-order valence-electron chi connectivity index (χ2n) is 5.06. The number of nitrogens with one attached hydrogen (secondary N) is 2. The van der Waals surface area contributed by atoms with Crippen LogP contribution in [-0.2, 0) is 11.0 Å². The van der Waals surface area contributed by atoms with Crippen molar-refractivity contribution >= 4 is 24.0 Å². The van der Waals surface area contributed by atoms with Crippen LogP contribution < -0.4 is 10.6 Å². The molecule has 1 aliphatic heterocycles. The normalized spacial score (nSPS) is 18.8. The Bertz CT molecular complexity index is 499. The molecule has 3 nitrogen and oxygen atoms in total. The summed E-state index contributed by atoms with van der Waals surface area (Å²) in [6, 6.07) is 3.86. The molecule has 0 aromatic heterocycles. The minimum atomic E-state index is -4.41. The number of halogens is 4. The van der Waals surface area contributed by atoms with Crippen LogP contribution in [0.25, 0.3) is 0 Å². The first-order chi connectivity index (χ1) is 9.38. The number of carbonyl (C=O) groups is 1. The molecule has 1 aromatic rings. The van der Waals surface area contributed by atoms with Gasteiger partial charge in [0.25, 0.3) is 0 Å². The van der Waals surface area contributed by atoms with Crippen molar-refractivity contribution in [3.05, 3.63) is 29.3 Å². The van der Waals surface area contributed by atoms with Crippen molar-refractivity contribution in [3.63, 3.8) is 0 Å². The number of hydrogen-bond acceptors (Lipinski definition) is 2. The molecule has 1 unspecified atom stereocenters. The highest BCUT2D eigenvalue weighted by Gasteiger charge is 2.32. The van der Waals surface area contributed by atoms with Gasteiger partial charge in [-0.3, -0.25) is 4.79 Å². The average Bonchev–Trinajstić information content (AvgIpc) is 2.40. The molecule has 1 saturated heterocycles. The molecule has 118 valence electrons. The quantitative estimate of drug-likeness (QED) is 0.876. The molecular formula is C14H18ClF3N2O. The summed E-state index contributed by atoms with van der Waals surface area (Å²) in [6.45, 7) is 2.86. The van der Waals surface area contributed by atoms with Crippen LogP contribution >= 0.6 is 12.4 Å². The molecule has 1 amide bonds. The minimum Gasteiger partial charge on any atom is -0.326 e. The van der Waals surface area contributed by atoms with E-state index in [1.807, 2.05) is 0 Å². The summed E-state index contributed by atoms with van der Waals surface area (Å²) in [5.41, 5.74) is -0.370. The fourth-order valence-corrected chi connectivity index (χ4v) is 2.33. The Kier molecular flexibility index (Phi) is 6.04. The summed E-state index contributed by atoms with van der Waals surface area (Å²) < 4.78 is 38.4. The summed E-state index contributed by atoms with van der Waals surface area (Å²) in [6.07, 6.45) is -2.74. The van der Waals surface area contributed by atoms with Gasteiger partial charge >= 0.3 is 6.18 Å². The smallest absolute Gasteiger partial charge is 0.326 e. The fraction of sp³-hybridized carbons (Fsp3) is 0.500. The van der Waals surface area contributed by atoms with E-state index >= 15 is 0 Å². The monoisotopic (exact) mass is 322 g/mol. The van der Waals surface area contributed by atoms with Gasteiger partial charge < -0.3 is 10.6 Å². The van der Waals surface area contributed by atoms with Crippen LogP contribution in [0.2, 0.25) is 0 Å². The molecule has 1 heterocycles. The standard InChI is InChI=1S/C14H17F3N2O.ClH/c1-9-4-5-11(7-12(9)14(15,16)17)19-13(20)10-3-2-6-18-8-10;/h4-5,7,10,18H,2-3,6,8H2,1H3,(H,19,20);1H. The fourth-order valence-electron chi connectivity index (χ4n) is 2.33. The van der Waals surface area contributed by atoms with Gasteiger partial charge in [-0.05, 0) is 44.0 Å². The molecule has 1 atom stereocenters. The maximum absolute atomic E-state index is 12.8. The van der Waals surface area contributed by atoms with E-state index < -0.39 is 11.7 Å². The second-order valence-corrected chi connectivity index (χ2v) is 5.06. The van der Waals surface area contributed by atoms with Crippen LogP contribution in [0.4, 0.5) is 18.9 Å². The molecular weight excluding hydrogens is 305 g/mol. The number of benzene rings is 1. The molecule has 1 fully saturated rings. The van der Waals surface area contributed by atoms with E-state index in [0.29, 0.717) is 6.54 Å². The van der Waals surface area contributed by atoms with E-state index in [-0.39, 0.29) is 35.5 Å². The maximum atomic E-state index is 12.8. The molecule has 0 saturated carbocycles. The van der Waals surface area contributed by atoms with E-state index in [9.17, 15) is 18.0 Å². The topological polar surface area (TPSA) is 41.1 Å². The van der Waals surface area contributed by atoms with Crippen LogP contribution in [0.15, 0.2) is 18.2 Å². The highest BCUT2D eigenvalue weighted by atomic mass is 35.5. The van der Waals surface area contributed by atoms with Gasteiger partial charge in [-0.15, -0.1) is 12.4 Å². The van der Waals surface area contributed by atoms with Gasteiger partial charge in [-0.2, -0.15) is 13.2 Å². The number of rotatable bonds is 2. The first-order valence-electron chi connectivity index (χ1n) is 6.57. The molecule has 2 rings (SSSR count). The zero-order chi connectivity index (χ0) is 14.8. The van der Waals surface area contributed by atoms with Gasteiger partial charge in [0, 0.05) is 12.2 Å². The molecule has 0 aliphatic carbocycles. The van der Waals surface area contributed by atoms with Crippen molar-refractivity contribution in [1.29, 1.82) is 0 Å². The summed E-state index contributed by atoms with van der Waals surface area (Å²) in [5, 5.41) is 5.68. The number of hydrogen-bond donors (Lipinski definition) is 2. The highest BCUT2D eigenvalue weighted by Crippen LogP contribution is 2.33. The van der Waals surface area contributed by atoms with E-state index in [1.54, 1.807) is 0 Å². The summed E-state index contributed by atoms with van der Waals surface area (Å²) in [4.78, 5) is 12.0. The lowest BCUT2D eigenvalue weighted by molar-refractivity contribution is -0.138. The molecule has 0 radical (unpaired) electrons. The van der Waals surface area contributed by atoms with Gasteiger partial charge in [0.05, 0.1) is 11.5 Å². The Labute approximate surface area is 127 Å². The van der Waals surface area contributed by atoms with Crippen molar-refractivity contribution in [1.82, 2.24) is 5.32 Å². The number of alkyl halides is 3. The Balaban J connectivity index is 0.00000220. The summed E-state index contributed by atoms with van der Waals surface area (Å²) >= 11 is 0. The molecule has 0 bridgehead atoms. The lowest BCUT2D eigenvalue weighted by atomic mass is 9.98. The number of amides is 1. The Morgan fingerprint density at radius 2 is 2.10 bits per heavy atom. The zero-order valence-corrected chi connectivity index (χ0v) is 12.4. The summed E-state index contributed by atoms with van der Waals surface area (Å²) in [5.74, 6) is -0.409. The SMILES string of the molecule is Cc1ccc(NC(=O)C2CCCNC2)cc1C(F)(F)F.Cl. The van der Waals surface area contributed by atoms with Gasteiger partial charge in [-0.1, -0.05) is 6.07 Å². The lowest BCUT2D eigenvalue weighted by Crippen LogP contribution is -2.37. The van der Waals surface area contributed by atoms with E-state index in [2.05, 4.69) is 10.6 Å². The van der Waals surface area contributed by atoms with Gasteiger partial charge in [0.15, 0.2) is 0 Å². The largest absolute Gasteiger partial charge is 0.416 e. The highest BCUT2D eigenvalue weighted by molar-refractivity contribution is 5.92. The van der Waals surface area contributed by atoms with E-state index in [0.717, 1.165) is 25.5 Å². The summed E-state index contributed by atoms with van der Waals surface area (Å²) in [7, 11) is 0. The minimum absolute atomic E-state index is 0. The average molecular weight is 323 g/mol. The van der Waals surface area contributed by atoms with Crippen LogP contribution in [0.1, 0.15) is 24.0 Å². The predicted molar refractivity (Wildman–Crippen MR) is 77.7 cm³/mol. The lowest BCUT2D eigenvalue weighted by Gasteiger charge is -2.22. The molecule has 2 N–H and O–H groups in total. The van der Waals surface area contributed by atoms with Crippen LogP contribution in [0.3, 0.4) is 0 Å². The van der Waals surface area contributed by atoms with Gasteiger partial charge in [0.2, 0.25) is 5.91 Å². The van der Waals surface area contributed by atoms with Crippen molar-refractivity contribution in [2.24, 2.45) is 5.92 Å². The van der Waals surface area contributed by atoms with Crippen molar-refractivity contribution in [3.8, 4) is 0 Å². The van der Waals surface area contributed by atoms with E-state index in [4.69, 9.17) is 0 Å². The number of anilines is 1. The Morgan fingerprint density at radius 3 is 2.67 bits per heavy atom. The number of piperidine rings is 1. The van der Waals surface area contributed by atoms with Crippen molar-refractivity contribution in [2.75, 3.05) is 18.4 Å². The van der Waals surface area contributed by atoms with E-state index in [1.165, 1.54) is 19.1 Å². The molecule has 21 heavy (non-hydrogen) atoms. The third-order valence-corrected chi connectivity index (χ3v) is 3.48. The predicted octanol–water partition coefficient (Wildman–Crippen LogP) is 3.37. The first-order valence-corrected chi connectivity index (χ1v) is 6.57. The first kappa shape index (κ1) is 17.8. The van der Waals surface area contributed by atoms with Crippen LogP contribution in [0, 0.1) is 12.8 Å². The maximum Gasteiger partial charge on any atom is 0.416 e. The zero-order valence-electron chi connectivity index (χ0n) is 11.6. The third-order valence-electron chi connectivity index (χ3n) is 3.48. The molecule has 1 aliphatic rings. The van der Waals surface area contributed by atoms with Gasteiger partial charge in [0.1, 0.15) is 0 Å². The van der Waals surface area contributed by atoms with Gasteiger partial charge in [-0.25, -0.2) is 0 Å².